The third-order valence-electron chi connectivity index (χ3n) is 3.18. The Morgan fingerprint density at radius 2 is 1.85 bits per heavy atom. The van der Waals surface area contributed by atoms with Crippen molar-refractivity contribution in [1.82, 2.24) is 19.9 Å². The van der Waals surface area contributed by atoms with Gasteiger partial charge in [0.15, 0.2) is 0 Å². The van der Waals surface area contributed by atoms with E-state index < -0.39 is 0 Å². The van der Waals surface area contributed by atoms with Gasteiger partial charge in [0.2, 0.25) is 0 Å². The lowest BCUT2D eigenvalue weighted by atomic mass is 10.2. The largest absolute Gasteiger partial charge is 0.294 e. The zero-order valence-electron chi connectivity index (χ0n) is 11.7. The molecule has 2 aromatic rings. The minimum atomic E-state index is 0.0716. The van der Waals surface area contributed by atoms with Crippen LogP contribution in [0.3, 0.4) is 0 Å². The molecule has 0 spiro atoms. The van der Waals surface area contributed by atoms with Gasteiger partial charge >= 0.3 is 0 Å². The van der Waals surface area contributed by atoms with E-state index in [-0.39, 0.29) is 6.04 Å². The van der Waals surface area contributed by atoms with Crippen molar-refractivity contribution >= 4 is 11.0 Å². The van der Waals surface area contributed by atoms with Crippen molar-refractivity contribution < 1.29 is 0 Å². The highest BCUT2D eigenvalue weighted by Gasteiger charge is 2.15. The Hall–Kier alpha value is -2.20. The quantitative estimate of drug-likeness (QED) is 0.690. The minimum Gasteiger partial charge on any atom is -0.294 e. The van der Waals surface area contributed by atoms with Gasteiger partial charge in [-0.3, -0.25) is 4.90 Å². The normalized spacial score (nSPS) is 12.4. The third kappa shape index (κ3) is 3.03. The number of rotatable bonds is 8. The molecule has 0 radical (unpaired) electrons. The molecule has 1 unspecified atom stereocenters. The van der Waals surface area contributed by atoms with Gasteiger partial charge in [0.25, 0.3) is 0 Å². The Bertz CT molecular complexity index is 589. The van der Waals surface area contributed by atoms with Crippen molar-refractivity contribution in [3.8, 4) is 0 Å². The molecule has 0 aliphatic heterocycles. The van der Waals surface area contributed by atoms with Crippen LogP contribution in [0.5, 0.6) is 0 Å². The summed E-state index contributed by atoms with van der Waals surface area (Å²) in [4.78, 5) is 2.24. The molecule has 1 aromatic carbocycles. The highest BCUT2D eigenvalue weighted by Crippen LogP contribution is 2.17. The maximum absolute atomic E-state index is 4.26. The van der Waals surface area contributed by atoms with E-state index in [0.29, 0.717) is 0 Å². The fraction of sp³-hybridized carbons (Fsp3) is 0.250. The minimum absolute atomic E-state index is 0.0716. The van der Waals surface area contributed by atoms with E-state index in [1.807, 2.05) is 47.2 Å². The lowest BCUT2D eigenvalue weighted by Gasteiger charge is -2.23. The fourth-order valence-electron chi connectivity index (χ4n) is 2.24. The van der Waals surface area contributed by atoms with Crippen LogP contribution >= 0.6 is 0 Å². The summed E-state index contributed by atoms with van der Waals surface area (Å²) in [7, 11) is 0. The second-order valence-electron chi connectivity index (χ2n) is 4.62. The summed E-state index contributed by atoms with van der Waals surface area (Å²) >= 11 is 0. The molecule has 104 valence electrons. The van der Waals surface area contributed by atoms with Crippen molar-refractivity contribution in [2.45, 2.75) is 6.04 Å². The summed E-state index contributed by atoms with van der Waals surface area (Å²) in [5.74, 6) is 0. The van der Waals surface area contributed by atoms with Crippen molar-refractivity contribution in [3.63, 3.8) is 0 Å². The number of fused-ring (bicyclic) bond motifs is 1. The first-order chi connectivity index (χ1) is 9.80. The van der Waals surface area contributed by atoms with Gasteiger partial charge in [-0.05, 0) is 12.1 Å². The van der Waals surface area contributed by atoms with Gasteiger partial charge in [0.05, 0.1) is 11.6 Å². The summed E-state index contributed by atoms with van der Waals surface area (Å²) in [6.07, 6.45) is 5.69. The molecule has 0 bridgehead atoms. The van der Waals surface area contributed by atoms with Crippen LogP contribution in [0.15, 0.2) is 62.2 Å². The zero-order valence-corrected chi connectivity index (χ0v) is 11.7. The molecule has 0 aliphatic rings. The van der Waals surface area contributed by atoms with Crippen LogP contribution in [0.2, 0.25) is 0 Å². The third-order valence-corrected chi connectivity index (χ3v) is 3.18. The first kappa shape index (κ1) is 14.2. The molecule has 0 N–H and O–H groups in total. The molecule has 0 fully saturated rings. The molecule has 2 rings (SSSR count). The molecule has 1 atom stereocenters. The van der Waals surface area contributed by atoms with Crippen molar-refractivity contribution in [2.24, 2.45) is 0 Å². The van der Waals surface area contributed by atoms with E-state index in [0.717, 1.165) is 30.7 Å². The van der Waals surface area contributed by atoms with Crippen LogP contribution in [-0.2, 0) is 0 Å². The van der Waals surface area contributed by atoms with Crippen LogP contribution < -0.4 is 0 Å². The SMILES string of the molecule is C=CCN(CC=C)CC(C=C)n1nnc2ccccc21. The van der Waals surface area contributed by atoms with E-state index in [1.54, 1.807) is 0 Å². The summed E-state index contributed by atoms with van der Waals surface area (Å²) in [5.41, 5.74) is 1.92. The fourth-order valence-corrected chi connectivity index (χ4v) is 2.24. The first-order valence-corrected chi connectivity index (χ1v) is 6.66. The van der Waals surface area contributed by atoms with E-state index in [4.69, 9.17) is 0 Å². The van der Waals surface area contributed by atoms with Crippen molar-refractivity contribution in [3.05, 3.63) is 62.2 Å². The molecule has 0 saturated heterocycles. The average molecular weight is 268 g/mol. The van der Waals surface area contributed by atoms with Gasteiger partial charge in [-0.1, -0.05) is 35.6 Å². The molecule has 20 heavy (non-hydrogen) atoms. The van der Waals surface area contributed by atoms with Gasteiger partial charge in [-0.2, -0.15) is 0 Å². The second-order valence-corrected chi connectivity index (χ2v) is 4.62. The molecule has 4 heteroatoms. The summed E-state index contributed by atoms with van der Waals surface area (Å²) in [5, 5.41) is 8.45. The Balaban J connectivity index is 2.25. The molecule has 0 aliphatic carbocycles. The lowest BCUT2D eigenvalue weighted by molar-refractivity contribution is 0.291. The average Bonchev–Trinajstić information content (AvgIpc) is 2.89. The van der Waals surface area contributed by atoms with Crippen LogP contribution in [0.1, 0.15) is 6.04 Å². The topological polar surface area (TPSA) is 34.0 Å². The molecule has 0 amide bonds. The van der Waals surface area contributed by atoms with Gasteiger partial charge in [-0.25, -0.2) is 4.68 Å². The number of para-hydroxylation sites is 1. The molecule has 4 nitrogen and oxygen atoms in total. The van der Waals surface area contributed by atoms with E-state index in [1.165, 1.54) is 0 Å². The number of aromatic nitrogens is 3. The Morgan fingerprint density at radius 1 is 1.15 bits per heavy atom. The molecular weight excluding hydrogens is 248 g/mol. The van der Waals surface area contributed by atoms with E-state index in [2.05, 4.69) is 34.9 Å². The van der Waals surface area contributed by atoms with Crippen LogP contribution in [0, 0.1) is 0 Å². The highest BCUT2D eigenvalue weighted by molar-refractivity contribution is 5.74. The zero-order chi connectivity index (χ0) is 14.4. The number of hydrogen-bond donors (Lipinski definition) is 0. The smallest absolute Gasteiger partial charge is 0.113 e. The highest BCUT2D eigenvalue weighted by atomic mass is 15.4. The van der Waals surface area contributed by atoms with E-state index >= 15 is 0 Å². The van der Waals surface area contributed by atoms with Gasteiger partial charge < -0.3 is 0 Å². The second kappa shape index (κ2) is 6.82. The van der Waals surface area contributed by atoms with Crippen molar-refractivity contribution in [2.75, 3.05) is 19.6 Å². The van der Waals surface area contributed by atoms with Gasteiger partial charge in [-0.15, -0.1) is 24.8 Å². The van der Waals surface area contributed by atoms with Gasteiger partial charge in [0.1, 0.15) is 5.52 Å². The van der Waals surface area contributed by atoms with Gasteiger partial charge in [0, 0.05) is 19.6 Å². The Morgan fingerprint density at radius 3 is 2.50 bits per heavy atom. The van der Waals surface area contributed by atoms with Crippen LogP contribution in [0.25, 0.3) is 11.0 Å². The standard InChI is InChI=1S/C16H20N4/c1-4-11-19(12-5-2)13-14(6-3)20-16-10-8-7-9-15(16)17-18-20/h4-10,14H,1-3,11-13H2. The lowest BCUT2D eigenvalue weighted by Crippen LogP contribution is -2.31. The molecule has 1 aromatic heterocycles. The molecule has 1 heterocycles. The Labute approximate surface area is 119 Å². The van der Waals surface area contributed by atoms with Crippen LogP contribution in [0.4, 0.5) is 0 Å². The number of benzene rings is 1. The molecular formula is C16H20N4. The Kier molecular flexibility index (Phi) is 4.85. The summed E-state index contributed by atoms with van der Waals surface area (Å²) < 4.78 is 1.92. The predicted molar refractivity (Wildman–Crippen MR) is 83.6 cm³/mol. The molecule has 0 saturated carbocycles. The van der Waals surface area contributed by atoms with Crippen LogP contribution in [-0.4, -0.2) is 39.5 Å². The monoisotopic (exact) mass is 268 g/mol. The summed E-state index contributed by atoms with van der Waals surface area (Å²) in [6, 6.07) is 8.02. The van der Waals surface area contributed by atoms with E-state index in [9.17, 15) is 0 Å². The predicted octanol–water partition coefficient (Wildman–Crippen LogP) is 2.83. The summed E-state index contributed by atoms with van der Waals surface area (Å²) in [6.45, 7) is 13.9. The maximum Gasteiger partial charge on any atom is 0.113 e. The first-order valence-electron chi connectivity index (χ1n) is 6.66. The van der Waals surface area contributed by atoms with Crippen molar-refractivity contribution in [1.29, 1.82) is 0 Å². The maximum atomic E-state index is 4.26. The number of hydrogen-bond acceptors (Lipinski definition) is 3. The number of nitrogens with zero attached hydrogens (tertiary/aromatic N) is 4.